The van der Waals surface area contributed by atoms with Crippen LogP contribution in [0.4, 0.5) is 10.1 Å². The molecule has 0 aliphatic carbocycles. The third-order valence-electron chi connectivity index (χ3n) is 6.06. The van der Waals surface area contributed by atoms with Crippen LogP contribution in [0.1, 0.15) is 40.9 Å². The van der Waals surface area contributed by atoms with Crippen LogP contribution in [0.2, 0.25) is 5.02 Å². The Labute approximate surface area is 242 Å². The molecule has 1 amide bonds. The minimum atomic E-state index is -0.437. The zero-order valence-corrected chi connectivity index (χ0v) is 23.8. The van der Waals surface area contributed by atoms with Gasteiger partial charge >= 0.3 is 0 Å². The predicted molar refractivity (Wildman–Crippen MR) is 159 cm³/mol. The molecule has 7 nitrogen and oxygen atoms in total. The smallest absolute Gasteiger partial charge is 0.271 e. The van der Waals surface area contributed by atoms with Crippen molar-refractivity contribution in [3.63, 3.8) is 0 Å². The molecule has 4 rings (SSSR count). The zero-order valence-electron chi connectivity index (χ0n) is 22.2. The number of thioether (sulfide) groups is 1. The lowest BCUT2D eigenvalue weighted by Crippen LogP contribution is -2.22. The van der Waals surface area contributed by atoms with E-state index in [1.54, 1.807) is 42.7 Å². The summed E-state index contributed by atoms with van der Waals surface area (Å²) in [6, 6.07) is 19.3. The van der Waals surface area contributed by atoms with Crippen LogP contribution in [0.3, 0.4) is 0 Å². The van der Waals surface area contributed by atoms with Gasteiger partial charge in [-0.25, -0.2) is 19.8 Å². The van der Waals surface area contributed by atoms with E-state index in [0.29, 0.717) is 32.8 Å². The summed E-state index contributed by atoms with van der Waals surface area (Å²) < 4.78 is 20.3. The molecule has 0 bridgehead atoms. The van der Waals surface area contributed by atoms with Gasteiger partial charge in [0.2, 0.25) is 0 Å². The van der Waals surface area contributed by atoms with Gasteiger partial charge in [-0.05, 0) is 61.9 Å². The summed E-state index contributed by atoms with van der Waals surface area (Å²) in [5.41, 5.74) is 5.93. The van der Waals surface area contributed by atoms with Crippen LogP contribution < -0.4 is 15.1 Å². The number of amides is 1. The van der Waals surface area contributed by atoms with Gasteiger partial charge in [0.05, 0.1) is 11.2 Å². The van der Waals surface area contributed by atoms with E-state index in [1.165, 1.54) is 24.0 Å². The van der Waals surface area contributed by atoms with E-state index in [9.17, 15) is 9.18 Å². The van der Waals surface area contributed by atoms with Gasteiger partial charge in [0.1, 0.15) is 18.2 Å². The molecule has 1 aromatic heterocycles. The van der Waals surface area contributed by atoms with E-state index < -0.39 is 5.82 Å². The summed E-state index contributed by atoms with van der Waals surface area (Å²) >= 11 is 7.71. The van der Waals surface area contributed by atoms with Crippen molar-refractivity contribution in [3.8, 4) is 5.75 Å². The molecule has 1 N–H and O–H groups in total. The molecule has 0 aliphatic heterocycles. The van der Waals surface area contributed by atoms with Crippen LogP contribution in [-0.4, -0.2) is 35.2 Å². The number of hydrazone groups is 1. The van der Waals surface area contributed by atoms with Crippen molar-refractivity contribution in [1.29, 1.82) is 0 Å². The monoisotopic (exact) mass is 577 g/mol. The van der Waals surface area contributed by atoms with Crippen molar-refractivity contribution in [3.05, 3.63) is 112 Å². The highest BCUT2D eigenvalue weighted by Gasteiger charge is 2.12. The number of nitrogens with one attached hydrogen (secondary N) is 1. The van der Waals surface area contributed by atoms with Crippen molar-refractivity contribution in [2.24, 2.45) is 5.10 Å². The third kappa shape index (κ3) is 7.80. The lowest BCUT2D eigenvalue weighted by molar-refractivity contribution is 0.0955. The largest absolute Gasteiger partial charge is 0.488 e. The highest BCUT2D eigenvalue weighted by Crippen LogP contribution is 2.28. The minimum Gasteiger partial charge on any atom is -0.488 e. The second-order valence-corrected chi connectivity index (χ2v) is 9.95. The fourth-order valence-corrected chi connectivity index (χ4v) is 4.82. The fraction of sp³-hybridized carbons (Fsp3) is 0.200. The Bertz CT molecular complexity index is 1430. The molecule has 10 heteroatoms. The summed E-state index contributed by atoms with van der Waals surface area (Å²) in [5, 5.41) is 5.13. The van der Waals surface area contributed by atoms with Gasteiger partial charge in [0, 0.05) is 59.7 Å². The molecule has 0 saturated heterocycles. The molecule has 1 heterocycles. The Morgan fingerprint density at radius 2 is 1.82 bits per heavy atom. The maximum absolute atomic E-state index is 14.3. The van der Waals surface area contributed by atoms with Crippen LogP contribution in [0, 0.1) is 5.82 Å². The number of aromatic nitrogens is 2. The van der Waals surface area contributed by atoms with Crippen LogP contribution in [0.25, 0.3) is 0 Å². The Morgan fingerprint density at radius 3 is 2.52 bits per heavy atom. The molecule has 0 radical (unpaired) electrons. The van der Waals surface area contributed by atoms with Gasteiger partial charge in [0.15, 0.2) is 5.16 Å². The molecule has 0 fully saturated rings. The Kier molecular flexibility index (Phi) is 10.5. The Balaban J connectivity index is 1.43. The predicted octanol–water partition coefficient (Wildman–Crippen LogP) is 6.75. The second kappa shape index (κ2) is 14.4. The lowest BCUT2D eigenvalue weighted by atomic mass is 10.1. The number of nitrogens with zero attached hydrogens (tertiary/aromatic N) is 4. The molecule has 0 spiro atoms. The number of hydrogen-bond donors (Lipinski definition) is 1. The first kappa shape index (κ1) is 29.0. The summed E-state index contributed by atoms with van der Waals surface area (Å²) in [6.07, 6.45) is 4.92. The quantitative estimate of drug-likeness (QED) is 0.0868. The van der Waals surface area contributed by atoms with Gasteiger partial charge < -0.3 is 9.64 Å². The van der Waals surface area contributed by atoms with E-state index in [-0.39, 0.29) is 18.1 Å². The average Bonchev–Trinajstić information content (AvgIpc) is 2.98. The maximum atomic E-state index is 14.3. The number of ether oxygens (including phenoxy) is 1. The van der Waals surface area contributed by atoms with Crippen LogP contribution in [-0.2, 0) is 12.4 Å². The first-order chi connectivity index (χ1) is 19.5. The highest BCUT2D eigenvalue weighted by molar-refractivity contribution is 7.98. The molecule has 0 atom stereocenters. The standard InChI is InChI=1S/C30H29ClFN5O2S/c1-3-37(4-2)24-14-13-23(28(17-24)39-19-25-26(31)7-5-8-27(25)32)18-35-36-29(38)22-11-9-21(10-12-22)20-40-30-33-15-6-16-34-30/h5-18H,3-4,19-20H2,1-2H3,(H,36,38)/b35-18-. The van der Waals surface area contributed by atoms with Gasteiger partial charge in [0.25, 0.3) is 5.91 Å². The molecule has 3 aromatic carbocycles. The Morgan fingerprint density at radius 1 is 1.07 bits per heavy atom. The number of hydrogen-bond acceptors (Lipinski definition) is 7. The molecule has 0 aliphatic rings. The molecule has 206 valence electrons. The Hall–Kier alpha value is -3.95. The summed E-state index contributed by atoms with van der Waals surface area (Å²) in [7, 11) is 0. The second-order valence-electron chi connectivity index (χ2n) is 8.60. The summed E-state index contributed by atoms with van der Waals surface area (Å²) in [5.74, 6) is 0.398. The minimum absolute atomic E-state index is 0.0541. The van der Waals surface area contributed by atoms with Crippen molar-refractivity contribution in [2.75, 3.05) is 18.0 Å². The van der Waals surface area contributed by atoms with Crippen molar-refractivity contribution >= 4 is 41.2 Å². The fourth-order valence-electron chi connectivity index (χ4n) is 3.85. The normalized spacial score (nSPS) is 11.0. The molecule has 0 unspecified atom stereocenters. The lowest BCUT2D eigenvalue weighted by Gasteiger charge is -2.22. The van der Waals surface area contributed by atoms with Crippen LogP contribution in [0.15, 0.2) is 89.4 Å². The van der Waals surface area contributed by atoms with Crippen molar-refractivity contribution in [1.82, 2.24) is 15.4 Å². The summed E-state index contributed by atoms with van der Waals surface area (Å²) in [6.45, 7) is 5.71. The molecule has 4 aromatic rings. The number of rotatable bonds is 12. The number of carbonyl (C=O) groups is 1. The van der Waals surface area contributed by atoms with Gasteiger partial charge in [-0.15, -0.1) is 0 Å². The van der Waals surface area contributed by atoms with Crippen molar-refractivity contribution in [2.45, 2.75) is 31.4 Å². The van der Waals surface area contributed by atoms with Crippen molar-refractivity contribution < 1.29 is 13.9 Å². The van der Waals surface area contributed by atoms with E-state index in [0.717, 1.165) is 24.3 Å². The van der Waals surface area contributed by atoms with E-state index in [1.807, 2.05) is 30.3 Å². The number of anilines is 1. The first-order valence-corrected chi connectivity index (χ1v) is 14.1. The van der Waals surface area contributed by atoms with E-state index >= 15 is 0 Å². The molecular weight excluding hydrogens is 549 g/mol. The number of benzene rings is 3. The number of carbonyl (C=O) groups excluding carboxylic acids is 1. The van der Waals surface area contributed by atoms with E-state index in [4.69, 9.17) is 16.3 Å². The molecule has 40 heavy (non-hydrogen) atoms. The van der Waals surface area contributed by atoms with E-state index in [2.05, 4.69) is 39.2 Å². The third-order valence-corrected chi connectivity index (χ3v) is 7.36. The molecule has 0 saturated carbocycles. The van der Waals surface area contributed by atoms with Gasteiger partial charge in [-0.2, -0.15) is 5.10 Å². The summed E-state index contributed by atoms with van der Waals surface area (Å²) in [4.78, 5) is 23.2. The van der Waals surface area contributed by atoms with Crippen LogP contribution in [0.5, 0.6) is 5.75 Å². The number of halogens is 2. The van der Waals surface area contributed by atoms with Gasteiger partial charge in [-0.3, -0.25) is 4.79 Å². The highest BCUT2D eigenvalue weighted by atomic mass is 35.5. The average molecular weight is 578 g/mol. The first-order valence-electron chi connectivity index (χ1n) is 12.7. The van der Waals surface area contributed by atoms with Gasteiger partial charge in [-0.1, -0.05) is 41.6 Å². The topological polar surface area (TPSA) is 79.7 Å². The zero-order chi connectivity index (χ0) is 28.3. The molecular formula is C30H29ClFN5O2S. The SMILES string of the molecule is CCN(CC)c1ccc(/C=N\NC(=O)c2ccc(CSc3ncccn3)cc2)c(OCc2c(F)cccc2Cl)c1. The maximum Gasteiger partial charge on any atom is 0.271 e. The van der Waals surface area contributed by atoms with Crippen LogP contribution >= 0.6 is 23.4 Å².